The van der Waals surface area contributed by atoms with Crippen LogP contribution in [0.4, 0.5) is 0 Å². The summed E-state index contributed by atoms with van der Waals surface area (Å²) >= 11 is 0. The average molecular weight is 186 g/mol. The molecule has 0 amide bonds. The van der Waals surface area contributed by atoms with Crippen LogP contribution in [0, 0.1) is 5.41 Å². The van der Waals surface area contributed by atoms with Crippen LogP contribution in [0.15, 0.2) is 0 Å². The molecule has 0 aliphatic carbocycles. The third kappa shape index (κ3) is 4.10. The predicted octanol–water partition coefficient (Wildman–Crippen LogP) is -0.287. The fourth-order valence-corrected chi connectivity index (χ4v) is 2.17. The van der Waals surface area contributed by atoms with E-state index in [9.17, 15) is 0 Å². The molecule has 0 atom stereocenters. The number of nitrogens with one attached hydrogen (secondary N) is 1. The molecule has 1 heterocycles. The fourth-order valence-electron chi connectivity index (χ4n) is 2.17. The van der Waals surface area contributed by atoms with Gasteiger partial charge in [-0.2, -0.15) is 0 Å². The van der Waals surface area contributed by atoms with Gasteiger partial charge in [-0.3, -0.25) is 0 Å². The molecule has 2 heteroatoms. The summed E-state index contributed by atoms with van der Waals surface area (Å²) < 4.78 is 0. The van der Waals surface area contributed by atoms with Crippen molar-refractivity contribution in [1.29, 1.82) is 0 Å². The molecule has 4 N–H and O–H groups in total. The Morgan fingerprint density at radius 2 is 1.62 bits per heavy atom. The Morgan fingerprint density at radius 1 is 1.08 bits per heavy atom. The minimum atomic E-state index is 0.444. The Labute approximate surface area is 82.5 Å². The van der Waals surface area contributed by atoms with Crippen LogP contribution in [0.25, 0.3) is 0 Å². The normalized spacial score (nSPS) is 21.5. The molecule has 1 aliphatic rings. The summed E-state index contributed by atoms with van der Waals surface area (Å²) in [4.78, 5) is 1.81. The van der Waals surface area contributed by atoms with Gasteiger partial charge in [0.2, 0.25) is 0 Å². The monoisotopic (exact) mass is 186 g/mol. The smallest absolute Gasteiger partial charge is 0.0877 e. The van der Waals surface area contributed by atoms with Crippen LogP contribution in [0.1, 0.15) is 39.5 Å². The van der Waals surface area contributed by atoms with Crippen LogP contribution in [-0.2, 0) is 0 Å². The Hall–Kier alpha value is -0.0800. The van der Waals surface area contributed by atoms with Crippen molar-refractivity contribution in [2.45, 2.75) is 39.5 Å². The van der Waals surface area contributed by atoms with E-state index >= 15 is 0 Å². The van der Waals surface area contributed by atoms with Crippen molar-refractivity contribution in [1.82, 2.24) is 0 Å². The Kier molecular flexibility index (Phi) is 4.20. The predicted molar refractivity (Wildman–Crippen MR) is 55.6 cm³/mol. The summed E-state index contributed by atoms with van der Waals surface area (Å²) in [5, 5.41) is 0. The average Bonchev–Trinajstić information content (AvgIpc) is 2.32. The summed E-state index contributed by atoms with van der Waals surface area (Å²) in [6, 6.07) is 0. The van der Waals surface area contributed by atoms with Crippen molar-refractivity contribution in [2.75, 3.05) is 26.2 Å². The Balaban J connectivity index is 2.33. The molecule has 1 saturated heterocycles. The molecule has 0 unspecified atom stereocenters. The highest BCUT2D eigenvalue weighted by Crippen LogP contribution is 2.08. The molecule has 0 spiro atoms. The molecule has 0 saturated carbocycles. The molecule has 1 fully saturated rings. The molecule has 1 rings (SSSR count). The van der Waals surface area contributed by atoms with Gasteiger partial charge in [0.25, 0.3) is 0 Å². The van der Waals surface area contributed by atoms with Crippen LogP contribution >= 0.6 is 0 Å². The number of hydrogen-bond acceptors (Lipinski definition) is 0. The lowest BCUT2D eigenvalue weighted by Gasteiger charge is -2.26. The van der Waals surface area contributed by atoms with Gasteiger partial charge < -0.3 is 10.6 Å². The highest BCUT2D eigenvalue weighted by Gasteiger charge is 2.25. The molecular weight excluding hydrogens is 160 g/mol. The summed E-state index contributed by atoms with van der Waals surface area (Å²) in [5.41, 5.74) is 4.48. The van der Waals surface area contributed by atoms with Gasteiger partial charge in [-0.05, 0) is 39.5 Å². The van der Waals surface area contributed by atoms with E-state index in [2.05, 4.69) is 19.6 Å². The second kappa shape index (κ2) is 4.97. The maximum absolute atomic E-state index is 4.03. The van der Waals surface area contributed by atoms with Crippen LogP contribution < -0.4 is 10.6 Å². The van der Waals surface area contributed by atoms with Gasteiger partial charge in [-0.15, -0.1) is 0 Å². The lowest BCUT2D eigenvalue weighted by Crippen LogP contribution is -3.13. The van der Waals surface area contributed by atoms with Gasteiger partial charge in [0.05, 0.1) is 31.6 Å². The van der Waals surface area contributed by atoms with Crippen LogP contribution in [0.2, 0.25) is 0 Å². The highest BCUT2D eigenvalue weighted by molar-refractivity contribution is 4.64. The van der Waals surface area contributed by atoms with Crippen LogP contribution in [-0.4, -0.2) is 26.2 Å². The molecule has 78 valence electrons. The maximum atomic E-state index is 4.03. The molecule has 1 aliphatic heterocycles. The van der Waals surface area contributed by atoms with Gasteiger partial charge in [0.1, 0.15) is 0 Å². The van der Waals surface area contributed by atoms with Crippen molar-refractivity contribution >= 4 is 0 Å². The van der Waals surface area contributed by atoms with E-state index in [0.29, 0.717) is 5.41 Å². The largest absolute Gasteiger partial charge is 0.357 e. The number of quaternary nitrogens is 2. The maximum Gasteiger partial charge on any atom is 0.0877 e. The number of rotatable bonds is 3. The molecule has 0 aromatic carbocycles. The third-order valence-electron chi connectivity index (χ3n) is 3.22. The van der Waals surface area contributed by atoms with Crippen molar-refractivity contribution < 1.29 is 10.6 Å². The lowest BCUT2D eigenvalue weighted by atomic mass is 9.93. The number of hydrogen-bond donors (Lipinski definition) is 2. The zero-order chi connectivity index (χ0) is 9.73. The first-order valence-corrected chi connectivity index (χ1v) is 5.77. The molecular formula is C11H26N2+2. The zero-order valence-electron chi connectivity index (χ0n) is 9.36. The molecule has 0 bridgehead atoms. The van der Waals surface area contributed by atoms with E-state index in [1.807, 2.05) is 4.90 Å². The highest BCUT2D eigenvalue weighted by atomic mass is 15.1. The second-order valence-corrected chi connectivity index (χ2v) is 5.26. The van der Waals surface area contributed by atoms with Crippen molar-refractivity contribution in [3.63, 3.8) is 0 Å². The standard InChI is InChI=1S/C11H24N2/c1-11(2,9-12)10-13-7-5-3-4-6-8-13/h3-10,12H2,1-2H3/p+2. The van der Waals surface area contributed by atoms with Gasteiger partial charge in [0, 0.05) is 0 Å². The molecule has 0 aromatic rings. The van der Waals surface area contributed by atoms with Crippen LogP contribution in [0.3, 0.4) is 0 Å². The van der Waals surface area contributed by atoms with E-state index in [0.717, 1.165) is 6.54 Å². The minimum absolute atomic E-state index is 0.444. The summed E-state index contributed by atoms with van der Waals surface area (Å²) in [6.07, 6.45) is 5.77. The topological polar surface area (TPSA) is 32.1 Å². The third-order valence-corrected chi connectivity index (χ3v) is 3.22. The van der Waals surface area contributed by atoms with Crippen molar-refractivity contribution in [2.24, 2.45) is 5.41 Å². The van der Waals surface area contributed by atoms with E-state index in [-0.39, 0.29) is 0 Å². The minimum Gasteiger partial charge on any atom is -0.357 e. The van der Waals surface area contributed by atoms with E-state index in [1.54, 1.807) is 0 Å². The fraction of sp³-hybridized carbons (Fsp3) is 1.00. The molecule has 0 aromatic heterocycles. The SMILES string of the molecule is CC(C)(C[NH3+])C[NH+]1CCCCCC1. The van der Waals surface area contributed by atoms with Gasteiger partial charge in [-0.25, -0.2) is 0 Å². The zero-order valence-corrected chi connectivity index (χ0v) is 9.36. The van der Waals surface area contributed by atoms with Gasteiger partial charge in [0.15, 0.2) is 0 Å². The van der Waals surface area contributed by atoms with E-state index < -0.39 is 0 Å². The Bertz CT molecular complexity index is 135. The summed E-state index contributed by atoms with van der Waals surface area (Å²) in [5.74, 6) is 0. The second-order valence-electron chi connectivity index (χ2n) is 5.26. The molecule has 2 nitrogen and oxygen atoms in total. The van der Waals surface area contributed by atoms with Crippen LogP contribution in [0.5, 0.6) is 0 Å². The van der Waals surface area contributed by atoms with E-state index in [1.165, 1.54) is 45.3 Å². The quantitative estimate of drug-likeness (QED) is 0.607. The summed E-state index contributed by atoms with van der Waals surface area (Å²) in [6.45, 7) is 9.86. The van der Waals surface area contributed by atoms with Crippen molar-refractivity contribution in [3.05, 3.63) is 0 Å². The van der Waals surface area contributed by atoms with Crippen molar-refractivity contribution in [3.8, 4) is 0 Å². The Morgan fingerprint density at radius 3 is 2.08 bits per heavy atom. The van der Waals surface area contributed by atoms with E-state index in [4.69, 9.17) is 0 Å². The first-order chi connectivity index (χ1) is 6.14. The summed E-state index contributed by atoms with van der Waals surface area (Å²) in [7, 11) is 0. The lowest BCUT2D eigenvalue weighted by molar-refractivity contribution is -0.906. The molecule has 13 heavy (non-hydrogen) atoms. The molecule has 0 radical (unpaired) electrons. The first-order valence-electron chi connectivity index (χ1n) is 5.77. The van der Waals surface area contributed by atoms with Gasteiger partial charge in [-0.1, -0.05) is 0 Å². The number of likely N-dealkylation sites (tertiary alicyclic amines) is 1. The van der Waals surface area contributed by atoms with Gasteiger partial charge >= 0.3 is 0 Å². The first kappa shape index (κ1) is 11.0.